The number of imide groups is 1. The molecule has 9 heteroatoms. The lowest BCUT2D eigenvalue weighted by Gasteiger charge is -2.12. The van der Waals surface area contributed by atoms with Crippen molar-refractivity contribution < 1.29 is 18.9 Å². The van der Waals surface area contributed by atoms with Gasteiger partial charge in [-0.1, -0.05) is 29.8 Å². The summed E-state index contributed by atoms with van der Waals surface area (Å²) in [5.74, 6) is 0.0956. The fraction of sp³-hybridized carbons (Fsp3) is 0. The van der Waals surface area contributed by atoms with Crippen LogP contribution < -0.4 is 4.90 Å². The first-order chi connectivity index (χ1) is 13.9. The van der Waals surface area contributed by atoms with E-state index in [0.29, 0.717) is 22.0 Å². The van der Waals surface area contributed by atoms with Crippen LogP contribution >= 0.6 is 23.4 Å². The summed E-state index contributed by atoms with van der Waals surface area (Å²) in [5, 5.41) is 11.2. The Hall–Kier alpha value is -3.36. The summed E-state index contributed by atoms with van der Waals surface area (Å²) in [4.78, 5) is 36.9. The molecule has 29 heavy (non-hydrogen) atoms. The Kier molecular flexibility index (Phi) is 4.96. The number of carbonyl (C=O) groups is 2. The summed E-state index contributed by atoms with van der Waals surface area (Å²) in [6.45, 7) is 0. The van der Waals surface area contributed by atoms with Crippen molar-refractivity contribution in [2.45, 2.75) is 0 Å². The van der Waals surface area contributed by atoms with Crippen molar-refractivity contribution >= 4 is 52.0 Å². The Morgan fingerprint density at radius 1 is 1.07 bits per heavy atom. The molecular formula is C20H11ClN2O5S. The highest BCUT2D eigenvalue weighted by atomic mass is 35.5. The molecule has 0 atom stereocenters. The van der Waals surface area contributed by atoms with Crippen molar-refractivity contribution in [3.05, 3.63) is 86.5 Å². The Bertz CT molecular complexity index is 1190. The van der Waals surface area contributed by atoms with Crippen LogP contribution in [0, 0.1) is 10.1 Å². The van der Waals surface area contributed by atoms with Crippen molar-refractivity contribution in [1.82, 2.24) is 0 Å². The topological polar surface area (TPSA) is 93.7 Å². The number of rotatable bonds is 4. The summed E-state index contributed by atoms with van der Waals surface area (Å²) < 4.78 is 5.67. The zero-order valence-corrected chi connectivity index (χ0v) is 16.1. The molecule has 1 aliphatic rings. The molecule has 0 bridgehead atoms. The third-order valence-electron chi connectivity index (χ3n) is 4.13. The number of anilines is 1. The zero-order chi connectivity index (χ0) is 20.5. The van der Waals surface area contributed by atoms with Gasteiger partial charge in [0.2, 0.25) is 0 Å². The molecule has 0 aliphatic carbocycles. The largest absolute Gasteiger partial charge is 0.456 e. The quantitative estimate of drug-likeness (QED) is 0.299. The van der Waals surface area contributed by atoms with Gasteiger partial charge in [0.25, 0.3) is 16.8 Å². The van der Waals surface area contributed by atoms with E-state index in [2.05, 4.69) is 0 Å². The van der Waals surface area contributed by atoms with E-state index in [1.165, 1.54) is 18.2 Å². The van der Waals surface area contributed by atoms with Crippen molar-refractivity contribution in [3.63, 3.8) is 0 Å². The van der Waals surface area contributed by atoms with Crippen molar-refractivity contribution in [3.8, 4) is 11.3 Å². The molecule has 1 saturated heterocycles. The third kappa shape index (κ3) is 3.67. The molecule has 2 heterocycles. The molecule has 7 nitrogen and oxygen atoms in total. The standard InChI is InChI=1S/C20H11ClN2O5S/c21-12-4-3-5-13(10-12)22-19(24)18(29-20(22)25)11-14-8-9-17(28-14)15-6-1-2-7-16(15)23(26)27/h1-11H. The lowest BCUT2D eigenvalue weighted by atomic mass is 10.1. The van der Waals surface area contributed by atoms with Crippen molar-refractivity contribution in [2.75, 3.05) is 4.90 Å². The van der Waals surface area contributed by atoms with E-state index >= 15 is 0 Å². The molecule has 1 aliphatic heterocycles. The molecule has 3 aromatic rings. The van der Waals surface area contributed by atoms with Gasteiger partial charge in [0.05, 0.1) is 21.1 Å². The second kappa shape index (κ2) is 7.57. The zero-order valence-electron chi connectivity index (χ0n) is 14.6. The number of nitrogens with zero attached hydrogens (tertiary/aromatic N) is 2. The van der Waals surface area contributed by atoms with Crippen LogP contribution in [-0.4, -0.2) is 16.1 Å². The van der Waals surface area contributed by atoms with Crippen LogP contribution in [0.25, 0.3) is 17.4 Å². The number of halogens is 1. The molecule has 1 aromatic heterocycles. The number of nitro benzene ring substituents is 1. The molecular weight excluding hydrogens is 416 g/mol. The maximum Gasteiger partial charge on any atom is 0.298 e. The fourth-order valence-electron chi connectivity index (χ4n) is 2.85. The Labute approximate surface area is 173 Å². The van der Waals surface area contributed by atoms with Crippen LogP contribution in [0.2, 0.25) is 5.02 Å². The minimum Gasteiger partial charge on any atom is -0.456 e. The van der Waals surface area contributed by atoms with Gasteiger partial charge < -0.3 is 4.42 Å². The average Bonchev–Trinajstić information content (AvgIpc) is 3.26. The Morgan fingerprint density at radius 3 is 2.62 bits per heavy atom. The van der Waals surface area contributed by atoms with Crippen LogP contribution in [0.5, 0.6) is 0 Å². The maximum absolute atomic E-state index is 12.7. The summed E-state index contributed by atoms with van der Waals surface area (Å²) in [6.07, 6.45) is 1.44. The highest BCUT2D eigenvalue weighted by Crippen LogP contribution is 2.37. The molecule has 0 spiro atoms. The van der Waals surface area contributed by atoms with Gasteiger partial charge in [-0.15, -0.1) is 0 Å². The van der Waals surface area contributed by atoms with E-state index in [1.807, 2.05) is 0 Å². The number of furan rings is 1. The number of benzene rings is 2. The summed E-state index contributed by atoms with van der Waals surface area (Å²) in [6, 6.07) is 15.8. The minimum absolute atomic E-state index is 0.0883. The van der Waals surface area contributed by atoms with E-state index in [0.717, 1.165) is 16.7 Å². The number of hydrogen-bond donors (Lipinski definition) is 0. The first-order valence-electron chi connectivity index (χ1n) is 8.31. The normalized spacial score (nSPS) is 15.3. The smallest absolute Gasteiger partial charge is 0.298 e. The molecule has 2 aromatic carbocycles. The Morgan fingerprint density at radius 2 is 1.86 bits per heavy atom. The van der Waals surface area contributed by atoms with E-state index in [-0.39, 0.29) is 16.4 Å². The molecule has 144 valence electrons. The average molecular weight is 427 g/mol. The van der Waals surface area contributed by atoms with Crippen LogP contribution in [0.1, 0.15) is 5.76 Å². The van der Waals surface area contributed by atoms with Crippen LogP contribution in [0.15, 0.2) is 70.0 Å². The van der Waals surface area contributed by atoms with Crippen LogP contribution in [-0.2, 0) is 4.79 Å². The predicted octanol–water partition coefficient (Wildman–Crippen LogP) is 5.75. The predicted molar refractivity (Wildman–Crippen MR) is 111 cm³/mol. The van der Waals surface area contributed by atoms with E-state index in [4.69, 9.17) is 16.0 Å². The SMILES string of the molecule is O=C1SC(=Cc2ccc(-c3ccccc3[N+](=O)[O-])o2)C(=O)N1c1cccc(Cl)c1. The van der Waals surface area contributed by atoms with Gasteiger partial charge in [-0.05, 0) is 48.2 Å². The molecule has 0 radical (unpaired) electrons. The van der Waals surface area contributed by atoms with Gasteiger partial charge >= 0.3 is 0 Å². The van der Waals surface area contributed by atoms with Gasteiger partial charge in [-0.25, -0.2) is 4.90 Å². The van der Waals surface area contributed by atoms with E-state index in [1.54, 1.807) is 48.5 Å². The summed E-state index contributed by atoms with van der Waals surface area (Å²) >= 11 is 6.72. The lowest BCUT2D eigenvalue weighted by Crippen LogP contribution is -2.27. The monoisotopic (exact) mass is 426 g/mol. The number of hydrogen-bond acceptors (Lipinski definition) is 6. The number of para-hydroxylation sites is 1. The van der Waals surface area contributed by atoms with Gasteiger partial charge in [-0.2, -0.15) is 0 Å². The fourth-order valence-corrected chi connectivity index (χ4v) is 3.86. The Balaban J connectivity index is 1.64. The van der Waals surface area contributed by atoms with Crippen LogP contribution in [0.3, 0.4) is 0 Å². The molecule has 0 saturated carbocycles. The minimum atomic E-state index is -0.495. The summed E-state index contributed by atoms with van der Waals surface area (Å²) in [7, 11) is 0. The molecule has 0 N–H and O–H groups in total. The highest BCUT2D eigenvalue weighted by molar-refractivity contribution is 8.19. The lowest BCUT2D eigenvalue weighted by molar-refractivity contribution is -0.384. The number of nitro groups is 1. The summed E-state index contributed by atoms with van der Waals surface area (Å²) in [5.41, 5.74) is 0.613. The second-order valence-electron chi connectivity index (χ2n) is 5.97. The third-order valence-corrected chi connectivity index (χ3v) is 5.23. The molecule has 2 amide bonds. The van der Waals surface area contributed by atoms with Gasteiger partial charge in [0, 0.05) is 17.2 Å². The van der Waals surface area contributed by atoms with Crippen molar-refractivity contribution in [1.29, 1.82) is 0 Å². The van der Waals surface area contributed by atoms with Gasteiger partial charge in [0.1, 0.15) is 11.5 Å². The van der Waals surface area contributed by atoms with Gasteiger partial charge in [-0.3, -0.25) is 19.7 Å². The molecule has 4 rings (SSSR count). The van der Waals surface area contributed by atoms with Crippen LogP contribution in [0.4, 0.5) is 16.2 Å². The number of thioether (sulfide) groups is 1. The van der Waals surface area contributed by atoms with Gasteiger partial charge in [0.15, 0.2) is 0 Å². The second-order valence-corrected chi connectivity index (χ2v) is 7.40. The molecule has 1 fully saturated rings. The number of carbonyl (C=O) groups excluding carboxylic acids is 2. The maximum atomic E-state index is 12.7. The first kappa shape index (κ1) is 19.0. The van der Waals surface area contributed by atoms with E-state index < -0.39 is 16.1 Å². The van der Waals surface area contributed by atoms with Crippen molar-refractivity contribution in [2.24, 2.45) is 0 Å². The molecule has 0 unspecified atom stereocenters. The number of amides is 2. The van der Waals surface area contributed by atoms with E-state index in [9.17, 15) is 19.7 Å². The highest BCUT2D eigenvalue weighted by Gasteiger charge is 2.36. The first-order valence-corrected chi connectivity index (χ1v) is 9.50.